The number of amides is 1. The van der Waals surface area contributed by atoms with E-state index in [-0.39, 0.29) is 16.2 Å². The van der Waals surface area contributed by atoms with Gasteiger partial charge in [-0.3, -0.25) is 10.2 Å². The molecule has 1 amide bonds. The normalized spacial score (nSPS) is 15.9. The number of carbonyl (C=O) groups excluding carboxylic acids is 1. The van der Waals surface area contributed by atoms with Gasteiger partial charge in [-0.15, -0.1) is 0 Å². The molecule has 0 bridgehead atoms. The number of benzene rings is 1. The van der Waals surface area contributed by atoms with E-state index in [1.54, 1.807) is 0 Å². The van der Waals surface area contributed by atoms with Crippen LogP contribution in [-0.4, -0.2) is 42.1 Å². The molecule has 0 saturated heterocycles. The minimum atomic E-state index is -4.65. The highest BCUT2D eigenvalue weighted by molar-refractivity contribution is 6.32. The first-order valence-corrected chi connectivity index (χ1v) is 9.52. The number of hydrogen-bond donors (Lipinski definition) is 2. The van der Waals surface area contributed by atoms with Gasteiger partial charge in [0.05, 0.1) is 11.6 Å². The standard InChI is InChI=1S/C20H20ClF6N3O/c1-9(13-8-11(20(25,26)27)4-7-14(13)21)10(2)30(12-5-6-12)19(31)15(18(24)29-3)16(28)17(22)23/h4,7-8,10,12,17,28-29H,1,5-6H2,2-3H3/b18-15+,28-16?. The molecule has 1 atom stereocenters. The highest BCUT2D eigenvalue weighted by atomic mass is 35.5. The second kappa shape index (κ2) is 9.33. The first-order valence-electron chi connectivity index (χ1n) is 9.14. The van der Waals surface area contributed by atoms with E-state index in [1.165, 1.54) is 6.92 Å². The van der Waals surface area contributed by atoms with Gasteiger partial charge in [-0.25, -0.2) is 8.78 Å². The van der Waals surface area contributed by atoms with E-state index in [1.807, 2.05) is 5.32 Å². The van der Waals surface area contributed by atoms with E-state index < -0.39 is 53.4 Å². The lowest BCUT2D eigenvalue weighted by atomic mass is 9.96. The average Bonchev–Trinajstić information content (AvgIpc) is 3.51. The number of nitrogens with one attached hydrogen (secondary N) is 2. The van der Waals surface area contributed by atoms with Crippen LogP contribution in [0.15, 0.2) is 36.3 Å². The van der Waals surface area contributed by atoms with Crippen LogP contribution in [0.4, 0.5) is 26.3 Å². The van der Waals surface area contributed by atoms with Gasteiger partial charge in [0.25, 0.3) is 12.3 Å². The maximum atomic E-state index is 14.2. The van der Waals surface area contributed by atoms with Gasteiger partial charge in [-0.05, 0) is 49.1 Å². The predicted molar refractivity (Wildman–Crippen MR) is 106 cm³/mol. The van der Waals surface area contributed by atoms with Gasteiger partial charge < -0.3 is 10.2 Å². The zero-order valence-corrected chi connectivity index (χ0v) is 17.3. The fourth-order valence-electron chi connectivity index (χ4n) is 3.04. The topological polar surface area (TPSA) is 56.2 Å². The van der Waals surface area contributed by atoms with Crippen LogP contribution in [0.1, 0.15) is 30.9 Å². The summed E-state index contributed by atoms with van der Waals surface area (Å²) in [5.41, 5.74) is -3.68. The smallest absolute Gasteiger partial charge is 0.364 e. The number of hydrogen-bond acceptors (Lipinski definition) is 3. The molecule has 170 valence electrons. The lowest BCUT2D eigenvalue weighted by Gasteiger charge is -2.32. The summed E-state index contributed by atoms with van der Waals surface area (Å²) in [5.74, 6) is -2.59. The van der Waals surface area contributed by atoms with E-state index in [0.29, 0.717) is 12.8 Å². The number of alkyl halides is 5. The Morgan fingerprint density at radius 2 is 1.90 bits per heavy atom. The lowest BCUT2D eigenvalue weighted by molar-refractivity contribution is -0.137. The van der Waals surface area contributed by atoms with Gasteiger partial charge in [0, 0.05) is 18.1 Å². The molecule has 0 heterocycles. The third-order valence-corrected chi connectivity index (χ3v) is 5.21. The molecule has 1 aliphatic carbocycles. The molecular formula is C20H20ClF6N3O. The summed E-state index contributed by atoms with van der Waals surface area (Å²) in [7, 11) is 1.06. The van der Waals surface area contributed by atoms with Gasteiger partial charge in [-0.2, -0.15) is 17.6 Å². The largest absolute Gasteiger partial charge is 0.416 e. The molecular weight excluding hydrogens is 448 g/mol. The van der Waals surface area contributed by atoms with E-state index in [0.717, 1.165) is 30.1 Å². The van der Waals surface area contributed by atoms with Crippen LogP contribution >= 0.6 is 11.6 Å². The van der Waals surface area contributed by atoms with Crippen LogP contribution in [0.2, 0.25) is 5.02 Å². The molecule has 31 heavy (non-hydrogen) atoms. The lowest BCUT2D eigenvalue weighted by Crippen LogP contribution is -2.44. The van der Waals surface area contributed by atoms with E-state index in [2.05, 4.69) is 6.58 Å². The van der Waals surface area contributed by atoms with Crippen molar-refractivity contribution in [3.05, 3.63) is 52.5 Å². The summed E-state index contributed by atoms with van der Waals surface area (Å²) in [5, 5.41) is 9.36. The summed E-state index contributed by atoms with van der Waals surface area (Å²) in [4.78, 5) is 14.1. The Labute approximate surface area is 180 Å². The van der Waals surface area contributed by atoms with Gasteiger partial charge in [-0.1, -0.05) is 18.2 Å². The van der Waals surface area contributed by atoms with Crippen molar-refractivity contribution in [3.8, 4) is 0 Å². The van der Waals surface area contributed by atoms with Crippen LogP contribution in [0.25, 0.3) is 5.57 Å². The van der Waals surface area contributed by atoms with Gasteiger partial charge >= 0.3 is 6.18 Å². The van der Waals surface area contributed by atoms with Crippen LogP contribution in [-0.2, 0) is 11.0 Å². The van der Waals surface area contributed by atoms with Crippen molar-refractivity contribution in [3.63, 3.8) is 0 Å². The Morgan fingerprint density at radius 1 is 1.32 bits per heavy atom. The quantitative estimate of drug-likeness (QED) is 0.232. The molecule has 2 N–H and O–H groups in total. The monoisotopic (exact) mass is 467 g/mol. The van der Waals surface area contributed by atoms with E-state index >= 15 is 0 Å². The van der Waals surface area contributed by atoms with Crippen molar-refractivity contribution in [2.24, 2.45) is 0 Å². The second-order valence-corrected chi connectivity index (χ2v) is 7.40. The van der Waals surface area contributed by atoms with Crippen molar-refractivity contribution in [2.75, 3.05) is 7.05 Å². The molecule has 0 radical (unpaired) electrons. The molecule has 1 aromatic carbocycles. The molecule has 1 aromatic rings. The van der Waals surface area contributed by atoms with Crippen LogP contribution in [0, 0.1) is 5.41 Å². The summed E-state index contributed by atoms with van der Waals surface area (Å²) in [6.45, 7) is 5.18. The minimum absolute atomic E-state index is 0.0177. The number of nitrogens with zero attached hydrogens (tertiary/aromatic N) is 1. The zero-order valence-electron chi connectivity index (χ0n) is 16.6. The van der Waals surface area contributed by atoms with Crippen molar-refractivity contribution >= 4 is 28.8 Å². The summed E-state index contributed by atoms with van der Waals surface area (Å²) < 4.78 is 79.7. The maximum Gasteiger partial charge on any atom is 0.416 e. The zero-order chi connectivity index (χ0) is 23.7. The highest BCUT2D eigenvalue weighted by Gasteiger charge is 2.41. The second-order valence-electron chi connectivity index (χ2n) is 6.99. The molecule has 11 heteroatoms. The molecule has 1 unspecified atom stereocenters. The molecule has 1 fully saturated rings. The molecule has 4 nitrogen and oxygen atoms in total. The van der Waals surface area contributed by atoms with Crippen LogP contribution < -0.4 is 5.32 Å². The SMILES string of the molecule is C=C(c1cc(C(F)(F)F)ccc1Cl)C(C)N(C(=O)/C(C(=N)C(F)F)=C(\F)NC)C1CC1. The Morgan fingerprint density at radius 3 is 2.35 bits per heavy atom. The van der Waals surface area contributed by atoms with Crippen molar-refractivity contribution in [1.82, 2.24) is 10.2 Å². The first-order chi connectivity index (χ1) is 14.3. The van der Waals surface area contributed by atoms with Crippen molar-refractivity contribution in [2.45, 2.75) is 44.5 Å². The maximum absolute atomic E-state index is 14.2. The van der Waals surface area contributed by atoms with Gasteiger partial charge in [0.2, 0.25) is 5.95 Å². The fourth-order valence-corrected chi connectivity index (χ4v) is 3.28. The number of carbonyl (C=O) groups is 1. The summed E-state index contributed by atoms with van der Waals surface area (Å²) in [6, 6.07) is 1.14. The third-order valence-electron chi connectivity index (χ3n) is 4.88. The van der Waals surface area contributed by atoms with Gasteiger partial charge in [0.15, 0.2) is 0 Å². The van der Waals surface area contributed by atoms with E-state index in [4.69, 9.17) is 17.0 Å². The van der Waals surface area contributed by atoms with Crippen LogP contribution in [0.5, 0.6) is 0 Å². The average molecular weight is 468 g/mol. The molecule has 1 saturated carbocycles. The number of halogens is 7. The predicted octanol–water partition coefficient (Wildman–Crippen LogP) is 5.44. The molecule has 0 aliphatic heterocycles. The summed E-state index contributed by atoms with van der Waals surface area (Å²) >= 11 is 6.05. The molecule has 1 aliphatic rings. The van der Waals surface area contributed by atoms with Crippen molar-refractivity contribution in [1.29, 1.82) is 5.41 Å². The Balaban J connectivity index is 2.47. The molecule has 0 aromatic heterocycles. The third kappa shape index (κ3) is 5.41. The Kier molecular flexibility index (Phi) is 7.46. The fraction of sp³-hybridized carbons (Fsp3) is 0.400. The van der Waals surface area contributed by atoms with Crippen molar-refractivity contribution < 1.29 is 31.1 Å². The van der Waals surface area contributed by atoms with Gasteiger partial charge in [0.1, 0.15) is 11.3 Å². The van der Waals surface area contributed by atoms with Crippen LogP contribution in [0.3, 0.4) is 0 Å². The van der Waals surface area contributed by atoms with E-state index in [9.17, 15) is 31.1 Å². The highest BCUT2D eigenvalue weighted by Crippen LogP contribution is 2.38. The Bertz CT molecular complexity index is 924. The Hall–Kier alpha value is -2.49. The summed E-state index contributed by atoms with van der Waals surface area (Å²) in [6.07, 6.45) is -7.09. The molecule has 0 spiro atoms. The first kappa shape index (κ1) is 24.8. The number of rotatable bonds is 8. The molecule has 2 rings (SSSR count). The minimum Gasteiger partial charge on any atom is -0.364 e.